The van der Waals surface area contributed by atoms with E-state index >= 15 is 0 Å². The summed E-state index contributed by atoms with van der Waals surface area (Å²) in [5.41, 5.74) is 0. The van der Waals surface area contributed by atoms with Gasteiger partial charge in [-0.15, -0.1) is 0 Å². The predicted molar refractivity (Wildman–Crippen MR) is 63.4 cm³/mol. The van der Waals surface area contributed by atoms with E-state index in [1.54, 1.807) is 13.3 Å². The fourth-order valence-corrected chi connectivity index (χ4v) is 2.28. The smallest absolute Gasteiger partial charge is 0.231 e. The zero-order valence-electron chi connectivity index (χ0n) is 9.23. The van der Waals surface area contributed by atoms with E-state index in [9.17, 15) is 0 Å². The molecule has 0 aliphatic heterocycles. The summed E-state index contributed by atoms with van der Waals surface area (Å²) in [5.74, 6) is 0.622. The molecule has 1 aliphatic carbocycles. The molecule has 4 nitrogen and oxygen atoms in total. The minimum absolute atomic E-state index is 0.199. The van der Waals surface area contributed by atoms with Gasteiger partial charge >= 0.3 is 0 Å². The van der Waals surface area contributed by atoms with Gasteiger partial charge in [0.15, 0.2) is 0 Å². The molecule has 0 saturated heterocycles. The van der Waals surface area contributed by atoms with Gasteiger partial charge in [0, 0.05) is 19.7 Å². The highest BCUT2D eigenvalue weighted by Gasteiger charge is 2.23. The van der Waals surface area contributed by atoms with Gasteiger partial charge in [-0.2, -0.15) is 0 Å². The topological polar surface area (TPSA) is 44.2 Å². The average molecular weight is 287 g/mol. The van der Waals surface area contributed by atoms with Crippen molar-refractivity contribution in [2.75, 3.05) is 7.11 Å². The number of halogens is 1. The van der Waals surface area contributed by atoms with E-state index in [0.717, 1.165) is 30.2 Å². The van der Waals surface area contributed by atoms with Crippen molar-refractivity contribution in [3.63, 3.8) is 0 Å². The quantitative estimate of drug-likeness (QED) is 0.857. The number of aromatic nitrogens is 2. The average Bonchev–Trinajstić information content (AvgIpc) is 2.32. The van der Waals surface area contributed by atoms with E-state index in [1.807, 2.05) is 0 Å². The van der Waals surface area contributed by atoms with Gasteiger partial charge in [-0.3, -0.25) is 0 Å². The van der Waals surface area contributed by atoms with Crippen LogP contribution in [0.2, 0.25) is 0 Å². The van der Waals surface area contributed by atoms with Crippen LogP contribution in [0.25, 0.3) is 0 Å². The number of hydrogen-bond acceptors (Lipinski definition) is 4. The van der Waals surface area contributed by atoms with E-state index < -0.39 is 0 Å². The molecule has 0 radical (unpaired) electrons. The monoisotopic (exact) mass is 286 g/mol. The van der Waals surface area contributed by atoms with Crippen LogP contribution in [0, 0.1) is 0 Å². The Labute approximate surface area is 104 Å². The molecule has 0 bridgehead atoms. The normalized spacial score (nSPS) is 25.4. The van der Waals surface area contributed by atoms with Gasteiger partial charge < -0.3 is 9.47 Å². The van der Waals surface area contributed by atoms with Crippen LogP contribution in [0.5, 0.6) is 5.88 Å². The van der Waals surface area contributed by atoms with Crippen LogP contribution in [-0.4, -0.2) is 29.3 Å². The Morgan fingerprint density at radius 1 is 1.38 bits per heavy atom. The van der Waals surface area contributed by atoms with Crippen molar-refractivity contribution in [2.24, 2.45) is 0 Å². The number of ether oxygens (including phenoxy) is 2. The molecule has 16 heavy (non-hydrogen) atoms. The largest absolute Gasteiger partial charge is 0.473 e. The molecule has 1 aliphatic rings. The summed E-state index contributed by atoms with van der Waals surface area (Å²) in [5, 5.41) is 0. The highest BCUT2D eigenvalue weighted by molar-refractivity contribution is 9.10. The summed E-state index contributed by atoms with van der Waals surface area (Å²) in [7, 11) is 1.76. The predicted octanol–water partition coefficient (Wildman–Crippen LogP) is 2.58. The molecule has 5 heteroatoms. The van der Waals surface area contributed by atoms with E-state index in [2.05, 4.69) is 25.9 Å². The summed E-state index contributed by atoms with van der Waals surface area (Å²) in [6, 6.07) is 0. The maximum absolute atomic E-state index is 5.84. The van der Waals surface area contributed by atoms with Gasteiger partial charge in [0.05, 0.1) is 10.6 Å². The van der Waals surface area contributed by atoms with E-state index in [1.165, 1.54) is 6.33 Å². The first-order valence-electron chi connectivity index (χ1n) is 5.44. The van der Waals surface area contributed by atoms with Crippen molar-refractivity contribution < 1.29 is 9.47 Å². The van der Waals surface area contributed by atoms with Crippen LogP contribution >= 0.6 is 15.9 Å². The molecule has 0 aromatic carbocycles. The first kappa shape index (κ1) is 11.8. The molecule has 0 N–H and O–H groups in total. The molecule has 1 aromatic heterocycles. The second kappa shape index (κ2) is 5.59. The first-order chi connectivity index (χ1) is 7.79. The standard InChI is InChI=1S/C11H15BrN2O2/c1-15-8-3-2-4-9(5-8)16-11-10(12)6-13-7-14-11/h6-9H,2-5H2,1H3. The minimum atomic E-state index is 0.199. The molecule has 1 fully saturated rings. The third-order valence-corrected chi connectivity index (χ3v) is 3.37. The SMILES string of the molecule is COC1CCCC(Oc2ncncc2Br)C1. The molecule has 2 atom stereocenters. The van der Waals surface area contributed by atoms with Crippen molar-refractivity contribution in [1.82, 2.24) is 9.97 Å². The van der Waals surface area contributed by atoms with Crippen LogP contribution in [0.1, 0.15) is 25.7 Å². The zero-order valence-corrected chi connectivity index (χ0v) is 10.8. The lowest BCUT2D eigenvalue weighted by Gasteiger charge is -2.28. The molecule has 0 amide bonds. The van der Waals surface area contributed by atoms with Gasteiger partial charge in [0.1, 0.15) is 12.4 Å². The van der Waals surface area contributed by atoms with Gasteiger partial charge in [0.2, 0.25) is 5.88 Å². The van der Waals surface area contributed by atoms with E-state index in [4.69, 9.17) is 9.47 Å². The van der Waals surface area contributed by atoms with Crippen molar-refractivity contribution in [1.29, 1.82) is 0 Å². The summed E-state index contributed by atoms with van der Waals surface area (Å²) in [4.78, 5) is 8.01. The lowest BCUT2D eigenvalue weighted by Crippen LogP contribution is -2.29. The molecule has 1 aromatic rings. The molecule has 2 rings (SSSR count). The second-order valence-corrected chi connectivity index (χ2v) is 4.79. The molecule has 88 valence electrons. The third kappa shape index (κ3) is 2.92. The molecule has 2 unspecified atom stereocenters. The first-order valence-corrected chi connectivity index (χ1v) is 6.24. The van der Waals surface area contributed by atoms with E-state index in [0.29, 0.717) is 12.0 Å². The Hall–Kier alpha value is -0.680. The van der Waals surface area contributed by atoms with Crippen LogP contribution < -0.4 is 4.74 Å². The van der Waals surface area contributed by atoms with Crippen LogP contribution in [0.15, 0.2) is 17.0 Å². The van der Waals surface area contributed by atoms with Crippen molar-refractivity contribution >= 4 is 15.9 Å². The lowest BCUT2D eigenvalue weighted by atomic mass is 9.95. The van der Waals surface area contributed by atoms with Gasteiger partial charge in [-0.05, 0) is 35.2 Å². The van der Waals surface area contributed by atoms with Crippen molar-refractivity contribution in [2.45, 2.75) is 37.9 Å². The van der Waals surface area contributed by atoms with Gasteiger partial charge in [-0.1, -0.05) is 0 Å². The number of methoxy groups -OCH3 is 1. The zero-order chi connectivity index (χ0) is 11.4. The fraction of sp³-hybridized carbons (Fsp3) is 0.636. The Kier molecular flexibility index (Phi) is 4.12. The second-order valence-electron chi connectivity index (χ2n) is 3.94. The molecule has 1 saturated carbocycles. The Bertz CT molecular complexity index is 349. The van der Waals surface area contributed by atoms with Crippen LogP contribution in [0.3, 0.4) is 0 Å². The molecular weight excluding hydrogens is 272 g/mol. The maximum Gasteiger partial charge on any atom is 0.231 e. The summed E-state index contributed by atoms with van der Waals surface area (Å²) < 4.78 is 12.0. The van der Waals surface area contributed by atoms with Gasteiger partial charge in [0.25, 0.3) is 0 Å². The van der Waals surface area contributed by atoms with Crippen LogP contribution in [0.4, 0.5) is 0 Å². The highest BCUT2D eigenvalue weighted by atomic mass is 79.9. The highest BCUT2D eigenvalue weighted by Crippen LogP contribution is 2.27. The third-order valence-electron chi connectivity index (χ3n) is 2.82. The lowest BCUT2D eigenvalue weighted by molar-refractivity contribution is 0.0192. The number of rotatable bonds is 3. The molecule has 1 heterocycles. The molecule has 0 spiro atoms. The molecular formula is C11H15BrN2O2. The van der Waals surface area contributed by atoms with Gasteiger partial charge in [-0.25, -0.2) is 9.97 Å². The minimum Gasteiger partial charge on any atom is -0.473 e. The van der Waals surface area contributed by atoms with E-state index in [-0.39, 0.29) is 6.10 Å². The van der Waals surface area contributed by atoms with Crippen molar-refractivity contribution in [3.8, 4) is 5.88 Å². The number of hydrogen-bond donors (Lipinski definition) is 0. The summed E-state index contributed by atoms with van der Waals surface area (Å²) >= 11 is 3.37. The Balaban J connectivity index is 1.97. The summed E-state index contributed by atoms with van der Waals surface area (Å²) in [6.07, 6.45) is 7.98. The maximum atomic E-state index is 5.84. The Morgan fingerprint density at radius 3 is 2.94 bits per heavy atom. The van der Waals surface area contributed by atoms with Crippen molar-refractivity contribution in [3.05, 3.63) is 17.0 Å². The number of nitrogens with zero attached hydrogens (tertiary/aromatic N) is 2. The fourth-order valence-electron chi connectivity index (χ4n) is 1.97. The Morgan fingerprint density at radius 2 is 2.19 bits per heavy atom. The van der Waals surface area contributed by atoms with Crippen LogP contribution in [-0.2, 0) is 4.74 Å². The summed E-state index contributed by atoms with van der Waals surface area (Å²) in [6.45, 7) is 0.